The summed E-state index contributed by atoms with van der Waals surface area (Å²) in [6.45, 7) is 0. The van der Waals surface area contributed by atoms with Gasteiger partial charge in [0.2, 0.25) is 0 Å². The van der Waals surface area contributed by atoms with Crippen molar-refractivity contribution < 1.29 is 0 Å². The van der Waals surface area contributed by atoms with Gasteiger partial charge in [0.05, 0.1) is 6.04 Å². The summed E-state index contributed by atoms with van der Waals surface area (Å²) < 4.78 is 0. The molecule has 1 heterocycles. The normalized spacial score (nSPS) is 18.8. The second-order valence-electron chi connectivity index (χ2n) is 17.6. The Kier molecular flexibility index (Phi) is 9.45. The largest absolute Gasteiger partial charge is 0.334 e. The Morgan fingerprint density at radius 2 is 1.06 bits per heavy atom. The SMILES string of the molecule is C1=CC2C3=C(C=CC(c4ccc(N(c5ccc(-c6ccccc6)cc5)c5ccc6c(c5)C(c5ccccc5)(c5ccccc5)Cc5ccccc5-6)cc4)C3)N(c3ccccc3)C2C=C1. The van der Waals surface area contributed by atoms with Crippen molar-refractivity contribution in [3.05, 3.63) is 288 Å². The van der Waals surface area contributed by atoms with Gasteiger partial charge in [-0.15, -0.1) is 0 Å². The van der Waals surface area contributed by atoms with E-state index >= 15 is 0 Å². The van der Waals surface area contributed by atoms with Crippen molar-refractivity contribution in [3.8, 4) is 22.3 Å². The van der Waals surface area contributed by atoms with E-state index in [2.05, 4.69) is 259 Å². The zero-order valence-corrected chi connectivity index (χ0v) is 35.7. The number of fused-ring (bicyclic) bond motifs is 5. The molecule has 3 unspecified atom stereocenters. The number of allylic oxidation sites excluding steroid dienone is 4. The minimum atomic E-state index is -0.394. The fraction of sp³-hybridized carbons (Fsp3) is 0.0968. The van der Waals surface area contributed by atoms with Crippen molar-refractivity contribution in [2.45, 2.75) is 30.2 Å². The van der Waals surface area contributed by atoms with Gasteiger partial charge >= 0.3 is 0 Å². The number of benzene rings is 8. The van der Waals surface area contributed by atoms with Crippen LogP contribution in [0.5, 0.6) is 0 Å². The van der Waals surface area contributed by atoms with Crippen LogP contribution in [0, 0.1) is 5.92 Å². The fourth-order valence-electron chi connectivity index (χ4n) is 11.2. The van der Waals surface area contributed by atoms with Crippen LogP contribution in [-0.2, 0) is 11.8 Å². The number of nitrogens with zero attached hydrogens (tertiary/aromatic N) is 2. The van der Waals surface area contributed by atoms with Crippen LogP contribution in [0.3, 0.4) is 0 Å². The van der Waals surface area contributed by atoms with Gasteiger partial charge in [-0.05, 0) is 123 Å². The second-order valence-corrected chi connectivity index (χ2v) is 17.6. The highest BCUT2D eigenvalue weighted by atomic mass is 15.2. The van der Waals surface area contributed by atoms with Crippen molar-refractivity contribution >= 4 is 22.7 Å². The highest BCUT2D eigenvalue weighted by Gasteiger charge is 2.43. The second kappa shape index (κ2) is 15.9. The zero-order valence-electron chi connectivity index (χ0n) is 35.7. The summed E-state index contributed by atoms with van der Waals surface area (Å²) in [5.41, 5.74) is 18.8. The first-order valence-corrected chi connectivity index (χ1v) is 22.7. The molecule has 3 atom stereocenters. The van der Waals surface area contributed by atoms with E-state index in [1.54, 1.807) is 0 Å². The van der Waals surface area contributed by atoms with Crippen molar-refractivity contribution in [3.63, 3.8) is 0 Å². The van der Waals surface area contributed by atoms with Crippen molar-refractivity contribution in [1.82, 2.24) is 0 Å². The van der Waals surface area contributed by atoms with Crippen LogP contribution >= 0.6 is 0 Å². The third kappa shape index (κ3) is 6.40. The predicted octanol–water partition coefficient (Wildman–Crippen LogP) is 15.3. The lowest BCUT2D eigenvalue weighted by molar-refractivity contribution is 0.606. The predicted molar refractivity (Wildman–Crippen MR) is 266 cm³/mol. The third-order valence-corrected chi connectivity index (χ3v) is 14.2. The van der Waals surface area contributed by atoms with Gasteiger partial charge < -0.3 is 9.80 Å². The van der Waals surface area contributed by atoms with Crippen LogP contribution in [0.2, 0.25) is 0 Å². The highest BCUT2D eigenvalue weighted by molar-refractivity contribution is 5.85. The molecule has 4 aliphatic rings. The van der Waals surface area contributed by atoms with Gasteiger partial charge in [-0.25, -0.2) is 0 Å². The number of para-hydroxylation sites is 1. The Balaban J connectivity index is 0.967. The van der Waals surface area contributed by atoms with Crippen LogP contribution in [0.15, 0.2) is 260 Å². The maximum atomic E-state index is 2.54. The van der Waals surface area contributed by atoms with E-state index < -0.39 is 5.41 Å². The number of rotatable bonds is 8. The topological polar surface area (TPSA) is 6.48 Å². The third-order valence-electron chi connectivity index (χ3n) is 14.2. The van der Waals surface area contributed by atoms with Crippen LogP contribution < -0.4 is 9.80 Å². The quantitative estimate of drug-likeness (QED) is 0.151. The first-order valence-electron chi connectivity index (χ1n) is 22.7. The Morgan fingerprint density at radius 3 is 1.77 bits per heavy atom. The summed E-state index contributed by atoms with van der Waals surface area (Å²) in [6, 6.07) is 78.9. The molecule has 0 saturated heterocycles. The summed E-state index contributed by atoms with van der Waals surface area (Å²) >= 11 is 0. The van der Waals surface area contributed by atoms with Gasteiger partial charge in [0.25, 0.3) is 0 Å². The molecule has 64 heavy (non-hydrogen) atoms. The van der Waals surface area contributed by atoms with Gasteiger partial charge in [-0.3, -0.25) is 0 Å². The Morgan fingerprint density at radius 1 is 0.484 bits per heavy atom. The molecule has 0 aromatic heterocycles. The van der Waals surface area contributed by atoms with Gasteiger partial charge in [-0.1, -0.05) is 194 Å². The molecular weight excluding hydrogens is 773 g/mol. The van der Waals surface area contributed by atoms with Crippen LogP contribution in [0.1, 0.15) is 40.2 Å². The molecule has 0 amide bonds. The summed E-state index contributed by atoms with van der Waals surface area (Å²) in [4.78, 5) is 4.99. The average molecular weight is 821 g/mol. The number of anilines is 4. The van der Waals surface area contributed by atoms with Crippen molar-refractivity contribution in [2.75, 3.05) is 9.80 Å². The summed E-state index contributed by atoms with van der Waals surface area (Å²) in [5, 5.41) is 0. The molecule has 306 valence electrons. The summed E-state index contributed by atoms with van der Waals surface area (Å²) in [5.74, 6) is 0.666. The van der Waals surface area contributed by atoms with E-state index in [-0.39, 0.29) is 0 Å². The van der Waals surface area contributed by atoms with E-state index in [0.717, 1.165) is 29.9 Å². The molecule has 8 aromatic carbocycles. The molecule has 8 aromatic rings. The minimum absolute atomic E-state index is 0.295. The van der Waals surface area contributed by atoms with Crippen LogP contribution in [0.4, 0.5) is 22.7 Å². The molecule has 0 radical (unpaired) electrons. The molecule has 2 nitrogen and oxygen atoms in total. The fourth-order valence-corrected chi connectivity index (χ4v) is 11.2. The molecule has 12 rings (SSSR count). The standard InChI is InChI=1S/C62H48N2/c1-5-17-44(18-6-1)45-29-34-52(35-30-45)63(53-36-31-46(32-37-53)47-33-40-61-58(41-47)57-27-15-16-28-60(57)64(61)51-24-11-4-12-25-51)54-38-39-56-55-26-14-13-19-48(55)43-62(59(56)42-54,49-20-7-2-8-21-49)50-22-9-3-10-23-50/h1-40,42,47,57,60H,41,43H2. The number of hydrogen-bond donors (Lipinski definition) is 0. The van der Waals surface area contributed by atoms with Crippen molar-refractivity contribution in [2.24, 2.45) is 5.92 Å². The Hall–Kier alpha value is -7.68. The maximum absolute atomic E-state index is 2.54. The lowest BCUT2D eigenvalue weighted by atomic mass is 9.61. The summed E-state index contributed by atoms with van der Waals surface area (Å²) in [6.07, 6.45) is 15.9. The first-order chi connectivity index (χ1) is 31.7. The molecule has 3 aliphatic carbocycles. The highest BCUT2D eigenvalue weighted by Crippen LogP contribution is 2.53. The molecule has 0 saturated carbocycles. The smallest absolute Gasteiger partial charge is 0.0626 e. The van der Waals surface area contributed by atoms with Gasteiger partial charge in [0, 0.05) is 45.7 Å². The lowest BCUT2D eigenvalue weighted by Crippen LogP contribution is -2.35. The van der Waals surface area contributed by atoms with Crippen LogP contribution in [0.25, 0.3) is 22.3 Å². The number of hydrogen-bond acceptors (Lipinski definition) is 2. The zero-order chi connectivity index (χ0) is 42.5. The van der Waals surface area contributed by atoms with E-state index in [0.29, 0.717) is 17.9 Å². The minimum Gasteiger partial charge on any atom is -0.334 e. The van der Waals surface area contributed by atoms with Crippen LogP contribution in [-0.4, -0.2) is 6.04 Å². The van der Waals surface area contributed by atoms with E-state index in [4.69, 9.17) is 0 Å². The molecule has 0 N–H and O–H groups in total. The van der Waals surface area contributed by atoms with E-state index in [1.165, 1.54) is 67.0 Å². The molecule has 1 aliphatic heterocycles. The maximum Gasteiger partial charge on any atom is 0.0626 e. The Bertz CT molecular complexity index is 3050. The van der Waals surface area contributed by atoms with Gasteiger partial charge in [0.1, 0.15) is 0 Å². The lowest BCUT2D eigenvalue weighted by Gasteiger charge is -2.42. The molecule has 2 heteroatoms. The monoisotopic (exact) mass is 820 g/mol. The van der Waals surface area contributed by atoms with E-state index in [1.807, 2.05) is 0 Å². The van der Waals surface area contributed by atoms with Gasteiger partial charge in [-0.2, -0.15) is 0 Å². The summed E-state index contributed by atoms with van der Waals surface area (Å²) in [7, 11) is 0. The average Bonchev–Trinajstić information content (AvgIpc) is 3.71. The molecule has 0 fully saturated rings. The molecule has 0 bridgehead atoms. The Labute approximate surface area is 377 Å². The first kappa shape index (κ1) is 38.0. The van der Waals surface area contributed by atoms with Crippen molar-refractivity contribution in [1.29, 1.82) is 0 Å². The molecular formula is C62H48N2. The van der Waals surface area contributed by atoms with E-state index in [9.17, 15) is 0 Å². The molecule has 0 spiro atoms. The van der Waals surface area contributed by atoms with Gasteiger partial charge in [0.15, 0.2) is 0 Å².